The van der Waals surface area contributed by atoms with Gasteiger partial charge < -0.3 is 16.0 Å². The molecule has 1 amide bonds. The molecule has 0 radical (unpaired) electrons. The first kappa shape index (κ1) is 9.48. The van der Waals surface area contributed by atoms with E-state index in [-0.39, 0.29) is 5.91 Å². The minimum Gasteiger partial charge on any atom is -0.370 e. The van der Waals surface area contributed by atoms with E-state index >= 15 is 0 Å². The third kappa shape index (κ3) is 3.19. The van der Waals surface area contributed by atoms with Crippen LogP contribution in [0.25, 0.3) is 0 Å². The highest BCUT2D eigenvalue weighted by Crippen LogP contribution is 1.98. The minimum absolute atomic E-state index is 0.207. The number of amides is 1. The molecule has 4 nitrogen and oxygen atoms in total. The highest BCUT2D eigenvalue weighted by molar-refractivity contribution is 5.73. The van der Waals surface area contributed by atoms with Crippen LogP contribution < -0.4 is 11.1 Å². The van der Waals surface area contributed by atoms with Gasteiger partial charge >= 0.3 is 0 Å². The van der Waals surface area contributed by atoms with Gasteiger partial charge in [0.05, 0.1) is 0 Å². The fraction of sp³-hybridized carbons (Fsp3) is 0.875. The summed E-state index contributed by atoms with van der Waals surface area (Å²) in [6.07, 6.45) is 0.479. The zero-order valence-corrected chi connectivity index (χ0v) is 7.55. The molecule has 0 spiro atoms. The number of primary amides is 1. The topological polar surface area (TPSA) is 58.4 Å². The van der Waals surface area contributed by atoms with Crippen molar-refractivity contribution < 1.29 is 4.79 Å². The van der Waals surface area contributed by atoms with Crippen molar-refractivity contribution in [1.29, 1.82) is 0 Å². The van der Waals surface area contributed by atoms with Gasteiger partial charge in [-0.25, -0.2) is 0 Å². The van der Waals surface area contributed by atoms with Gasteiger partial charge in [-0.1, -0.05) is 0 Å². The summed E-state index contributed by atoms with van der Waals surface area (Å²) in [7, 11) is 0. The minimum atomic E-state index is -0.207. The number of hydrogen-bond acceptors (Lipinski definition) is 3. The van der Waals surface area contributed by atoms with Gasteiger partial charge in [-0.2, -0.15) is 0 Å². The molecule has 0 unspecified atom stereocenters. The van der Waals surface area contributed by atoms with Crippen molar-refractivity contribution in [3.8, 4) is 0 Å². The summed E-state index contributed by atoms with van der Waals surface area (Å²) in [6, 6.07) is 0.534. The number of carbonyl (C=O) groups excluding carboxylic acids is 1. The molecule has 1 aliphatic heterocycles. The zero-order valence-electron chi connectivity index (χ0n) is 7.55. The molecular formula is C8H17N3O. The smallest absolute Gasteiger partial charge is 0.218 e. The summed E-state index contributed by atoms with van der Waals surface area (Å²) in [4.78, 5) is 12.8. The second-order valence-electron chi connectivity index (χ2n) is 3.37. The number of nitrogens with zero attached hydrogens (tertiary/aromatic N) is 1. The van der Waals surface area contributed by atoms with Gasteiger partial charge in [0.25, 0.3) is 0 Å². The first-order valence-corrected chi connectivity index (χ1v) is 4.42. The molecular weight excluding hydrogens is 154 g/mol. The van der Waals surface area contributed by atoms with Crippen LogP contribution in [-0.2, 0) is 4.79 Å². The van der Waals surface area contributed by atoms with Gasteiger partial charge in [0.15, 0.2) is 0 Å². The van der Waals surface area contributed by atoms with Crippen LogP contribution in [0.3, 0.4) is 0 Å². The van der Waals surface area contributed by atoms with Gasteiger partial charge in [0.1, 0.15) is 0 Å². The largest absolute Gasteiger partial charge is 0.370 e. The Labute approximate surface area is 73.1 Å². The molecule has 3 N–H and O–H groups in total. The predicted molar refractivity (Wildman–Crippen MR) is 47.7 cm³/mol. The molecule has 0 aromatic carbocycles. The van der Waals surface area contributed by atoms with E-state index < -0.39 is 0 Å². The zero-order chi connectivity index (χ0) is 8.97. The molecule has 1 heterocycles. The van der Waals surface area contributed by atoms with Crippen molar-refractivity contribution in [2.24, 2.45) is 5.73 Å². The molecule has 0 aliphatic carbocycles. The van der Waals surface area contributed by atoms with Crippen LogP contribution in [0, 0.1) is 0 Å². The Bertz CT molecular complexity index is 160. The van der Waals surface area contributed by atoms with Crippen LogP contribution >= 0.6 is 0 Å². The fourth-order valence-corrected chi connectivity index (χ4v) is 1.48. The van der Waals surface area contributed by atoms with E-state index in [4.69, 9.17) is 5.73 Å². The van der Waals surface area contributed by atoms with Crippen LogP contribution in [0.15, 0.2) is 0 Å². The molecule has 0 saturated carbocycles. The third-order valence-electron chi connectivity index (χ3n) is 2.13. The SMILES string of the molecule is C[C@H]1CN(CCC(N)=O)CCN1. The molecule has 70 valence electrons. The van der Waals surface area contributed by atoms with E-state index in [2.05, 4.69) is 17.1 Å². The molecule has 1 fully saturated rings. The summed E-state index contributed by atoms with van der Waals surface area (Å²) in [6.45, 7) is 6.02. The number of nitrogens with two attached hydrogens (primary N) is 1. The van der Waals surface area contributed by atoms with Crippen molar-refractivity contribution in [1.82, 2.24) is 10.2 Å². The van der Waals surface area contributed by atoms with Crippen LogP contribution in [0.4, 0.5) is 0 Å². The van der Waals surface area contributed by atoms with Crippen molar-refractivity contribution in [3.05, 3.63) is 0 Å². The van der Waals surface area contributed by atoms with Crippen LogP contribution in [0.1, 0.15) is 13.3 Å². The standard InChI is InChI=1S/C8H17N3O/c1-7-6-11(5-3-10-7)4-2-8(9)12/h7,10H,2-6H2,1H3,(H2,9,12)/t7-/m0/s1. The van der Waals surface area contributed by atoms with Gasteiger partial charge in [-0.05, 0) is 6.92 Å². The van der Waals surface area contributed by atoms with E-state index in [0.29, 0.717) is 12.5 Å². The van der Waals surface area contributed by atoms with E-state index in [0.717, 1.165) is 26.2 Å². The number of rotatable bonds is 3. The Kier molecular flexibility index (Phi) is 3.49. The normalized spacial score (nSPS) is 25.6. The predicted octanol–water partition coefficient (Wildman–Crippen LogP) is -0.844. The third-order valence-corrected chi connectivity index (χ3v) is 2.13. The molecule has 0 aromatic rings. The summed E-state index contributed by atoms with van der Waals surface area (Å²) < 4.78 is 0. The Morgan fingerprint density at radius 2 is 2.50 bits per heavy atom. The molecule has 1 saturated heterocycles. The molecule has 0 aromatic heterocycles. The van der Waals surface area contributed by atoms with E-state index in [1.807, 2.05) is 0 Å². The Balaban J connectivity index is 2.18. The first-order valence-electron chi connectivity index (χ1n) is 4.42. The second kappa shape index (κ2) is 4.42. The fourth-order valence-electron chi connectivity index (χ4n) is 1.48. The Hall–Kier alpha value is -0.610. The van der Waals surface area contributed by atoms with Crippen molar-refractivity contribution >= 4 is 5.91 Å². The summed E-state index contributed by atoms with van der Waals surface area (Å²) in [5, 5.41) is 3.34. The maximum Gasteiger partial charge on any atom is 0.218 e. The summed E-state index contributed by atoms with van der Waals surface area (Å²) in [5.41, 5.74) is 5.06. The van der Waals surface area contributed by atoms with Crippen molar-refractivity contribution in [3.63, 3.8) is 0 Å². The molecule has 4 heteroatoms. The van der Waals surface area contributed by atoms with Gasteiger partial charge in [0.2, 0.25) is 5.91 Å². The van der Waals surface area contributed by atoms with Gasteiger partial charge in [0, 0.05) is 38.6 Å². The number of piperazine rings is 1. The van der Waals surface area contributed by atoms with Crippen molar-refractivity contribution in [2.75, 3.05) is 26.2 Å². The second-order valence-corrected chi connectivity index (χ2v) is 3.37. The summed E-state index contributed by atoms with van der Waals surface area (Å²) in [5.74, 6) is -0.207. The molecule has 12 heavy (non-hydrogen) atoms. The van der Waals surface area contributed by atoms with E-state index in [1.165, 1.54) is 0 Å². The van der Waals surface area contributed by atoms with Crippen molar-refractivity contribution in [2.45, 2.75) is 19.4 Å². The lowest BCUT2D eigenvalue weighted by atomic mass is 10.2. The average molecular weight is 171 g/mol. The monoisotopic (exact) mass is 171 g/mol. The maximum atomic E-state index is 10.5. The first-order chi connectivity index (χ1) is 5.68. The highest BCUT2D eigenvalue weighted by Gasteiger charge is 2.14. The van der Waals surface area contributed by atoms with E-state index in [9.17, 15) is 4.79 Å². The Morgan fingerprint density at radius 3 is 3.08 bits per heavy atom. The number of hydrogen-bond donors (Lipinski definition) is 2. The highest BCUT2D eigenvalue weighted by atomic mass is 16.1. The van der Waals surface area contributed by atoms with Crippen LogP contribution in [0.5, 0.6) is 0 Å². The lowest BCUT2D eigenvalue weighted by molar-refractivity contribution is -0.118. The van der Waals surface area contributed by atoms with E-state index in [1.54, 1.807) is 0 Å². The maximum absolute atomic E-state index is 10.5. The van der Waals surface area contributed by atoms with Crippen LogP contribution in [-0.4, -0.2) is 43.0 Å². The molecule has 1 rings (SSSR count). The lowest BCUT2D eigenvalue weighted by Crippen LogP contribution is -2.49. The molecule has 1 aliphatic rings. The average Bonchev–Trinajstić information content (AvgIpc) is 2.01. The number of carbonyl (C=O) groups is 1. The Morgan fingerprint density at radius 1 is 1.75 bits per heavy atom. The molecule has 0 bridgehead atoms. The van der Waals surface area contributed by atoms with Crippen LogP contribution in [0.2, 0.25) is 0 Å². The quantitative estimate of drug-likeness (QED) is 0.582. The van der Waals surface area contributed by atoms with Gasteiger partial charge in [-0.15, -0.1) is 0 Å². The number of nitrogens with one attached hydrogen (secondary N) is 1. The molecule has 1 atom stereocenters. The lowest BCUT2D eigenvalue weighted by Gasteiger charge is -2.31. The summed E-state index contributed by atoms with van der Waals surface area (Å²) >= 11 is 0. The van der Waals surface area contributed by atoms with Gasteiger partial charge in [-0.3, -0.25) is 4.79 Å².